The predicted octanol–water partition coefficient (Wildman–Crippen LogP) is 1.56. The van der Waals surface area contributed by atoms with Gasteiger partial charge in [-0.05, 0) is 30.7 Å². The van der Waals surface area contributed by atoms with Crippen molar-refractivity contribution in [2.75, 3.05) is 11.1 Å². The molecule has 17 heavy (non-hydrogen) atoms. The molecule has 5 nitrogen and oxygen atoms in total. The van der Waals surface area contributed by atoms with Crippen LogP contribution >= 0.6 is 0 Å². The number of nitrogen functional groups attached to an aromatic ring is 1. The smallest absolute Gasteiger partial charge is 0.276 e. The summed E-state index contributed by atoms with van der Waals surface area (Å²) < 4.78 is 1.58. The van der Waals surface area contributed by atoms with Gasteiger partial charge in [0, 0.05) is 13.2 Å². The largest absolute Gasteiger partial charge is 0.397 e. The first kappa shape index (κ1) is 11.2. The fourth-order valence-electron chi connectivity index (χ4n) is 1.52. The summed E-state index contributed by atoms with van der Waals surface area (Å²) in [6, 6.07) is 7.14. The molecule has 0 spiro atoms. The normalized spacial score (nSPS) is 10.2. The molecule has 2 aromatic rings. The summed E-state index contributed by atoms with van der Waals surface area (Å²) in [5.74, 6) is -0.263. The number of nitrogens with zero attached hydrogens (tertiary/aromatic N) is 2. The van der Waals surface area contributed by atoms with E-state index in [4.69, 9.17) is 5.73 Å². The van der Waals surface area contributed by atoms with Crippen LogP contribution in [0.15, 0.2) is 30.5 Å². The molecular formula is C12H14N4O. The fourth-order valence-corrected chi connectivity index (χ4v) is 1.52. The molecule has 2 rings (SSSR count). The highest BCUT2D eigenvalue weighted by molar-refractivity contribution is 6.04. The maximum atomic E-state index is 11.8. The number of rotatable bonds is 2. The van der Waals surface area contributed by atoms with Crippen LogP contribution in [0.25, 0.3) is 0 Å². The maximum absolute atomic E-state index is 11.8. The van der Waals surface area contributed by atoms with Gasteiger partial charge in [0.15, 0.2) is 5.69 Å². The molecule has 88 valence electrons. The second kappa shape index (κ2) is 4.29. The zero-order chi connectivity index (χ0) is 12.4. The molecule has 0 bridgehead atoms. The van der Waals surface area contributed by atoms with E-state index in [0.717, 1.165) is 5.56 Å². The highest BCUT2D eigenvalue weighted by atomic mass is 16.1. The summed E-state index contributed by atoms with van der Waals surface area (Å²) in [6.07, 6.45) is 1.72. The summed E-state index contributed by atoms with van der Waals surface area (Å²) in [4.78, 5) is 11.8. The molecule has 1 heterocycles. The number of aryl methyl sites for hydroxylation is 2. The number of nitrogens with two attached hydrogens (primary N) is 1. The van der Waals surface area contributed by atoms with E-state index >= 15 is 0 Å². The Morgan fingerprint density at radius 2 is 2.18 bits per heavy atom. The molecule has 0 saturated carbocycles. The lowest BCUT2D eigenvalue weighted by Crippen LogP contribution is -2.14. The zero-order valence-electron chi connectivity index (χ0n) is 9.77. The minimum atomic E-state index is -0.263. The fraction of sp³-hybridized carbons (Fsp3) is 0.167. The molecule has 1 amide bonds. The minimum absolute atomic E-state index is 0.263. The molecule has 1 aromatic carbocycles. The number of carbonyl (C=O) groups is 1. The number of nitrogens with one attached hydrogen (secondary N) is 1. The number of aromatic nitrogens is 2. The van der Waals surface area contributed by atoms with Gasteiger partial charge in [0.25, 0.3) is 5.91 Å². The highest BCUT2D eigenvalue weighted by Crippen LogP contribution is 2.19. The van der Waals surface area contributed by atoms with E-state index in [0.29, 0.717) is 17.1 Å². The summed E-state index contributed by atoms with van der Waals surface area (Å²) in [6.45, 7) is 1.95. The van der Waals surface area contributed by atoms with Gasteiger partial charge in [0.2, 0.25) is 0 Å². The zero-order valence-corrected chi connectivity index (χ0v) is 9.77. The van der Waals surface area contributed by atoms with Crippen LogP contribution in [0.5, 0.6) is 0 Å². The highest BCUT2D eigenvalue weighted by Gasteiger charge is 2.10. The lowest BCUT2D eigenvalue weighted by atomic mass is 10.2. The monoisotopic (exact) mass is 230 g/mol. The van der Waals surface area contributed by atoms with Gasteiger partial charge in [-0.15, -0.1) is 0 Å². The SMILES string of the molecule is Cc1ccc(NC(=O)c2ccn(C)n2)c(N)c1. The molecule has 0 unspecified atom stereocenters. The van der Waals surface area contributed by atoms with E-state index in [1.54, 1.807) is 30.1 Å². The Kier molecular flexibility index (Phi) is 2.82. The lowest BCUT2D eigenvalue weighted by Gasteiger charge is -2.07. The molecule has 0 radical (unpaired) electrons. The van der Waals surface area contributed by atoms with Crippen molar-refractivity contribution in [1.82, 2.24) is 9.78 Å². The molecule has 5 heteroatoms. The molecule has 0 aliphatic rings. The Labute approximate surface area is 99.2 Å². The van der Waals surface area contributed by atoms with Crippen molar-refractivity contribution in [3.05, 3.63) is 41.7 Å². The van der Waals surface area contributed by atoms with Gasteiger partial charge in [-0.3, -0.25) is 9.48 Å². The maximum Gasteiger partial charge on any atom is 0.276 e. The van der Waals surface area contributed by atoms with E-state index in [9.17, 15) is 4.79 Å². The van der Waals surface area contributed by atoms with Gasteiger partial charge in [-0.1, -0.05) is 6.07 Å². The molecule has 0 aliphatic carbocycles. The number of carbonyl (C=O) groups excluding carboxylic acids is 1. The van der Waals surface area contributed by atoms with Crippen LogP contribution in [-0.2, 0) is 7.05 Å². The first-order chi connectivity index (χ1) is 8.06. The third-order valence-corrected chi connectivity index (χ3v) is 2.40. The molecule has 1 aromatic heterocycles. The Hall–Kier alpha value is -2.30. The van der Waals surface area contributed by atoms with Gasteiger partial charge in [-0.2, -0.15) is 5.10 Å². The number of hydrogen-bond donors (Lipinski definition) is 2. The Bertz CT molecular complexity index is 559. The van der Waals surface area contributed by atoms with Crippen LogP contribution in [0.4, 0.5) is 11.4 Å². The summed E-state index contributed by atoms with van der Waals surface area (Å²) in [7, 11) is 1.76. The number of benzene rings is 1. The van der Waals surface area contributed by atoms with Crippen molar-refractivity contribution in [1.29, 1.82) is 0 Å². The third kappa shape index (κ3) is 2.44. The Morgan fingerprint density at radius 3 is 2.76 bits per heavy atom. The lowest BCUT2D eigenvalue weighted by molar-refractivity contribution is 0.102. The van der Waals surface area contributed by atoms with Crippen molar-refractivity contribution in [2.45, 2.75) is 6.92 Å². The van der Waals surface area contributed by atoms with Gasteiger partial charge in [0.1, 0.15) is 0 Å². The van der Waals surface area contributed by atoms with Crippen molar-refractivity contribution in [3.63, 3.8) is 0 Å². The number of anilines is 2. The molecule has 3 N–H and O–H groups in total. The van der Waals surface area contributed by atoms with Crippen LogP contribution in [-0.4, -0.2) is 15.7 Å². The van der Waals surface area contributed by atoms with Crippen molar-refractivity contribution >= 4 is 17.3 Å². The first-order valence-electron chi connectivity index (χ1n) is 5.23. The van der Waals surface area contributed by atoms with Crippen LogP contribution in [0.2, 0.25) is 0 Å². The topological polar surface area (TPSA) is 72.9 Å². The van der Waals surface area contributed by atoms with Crippen LogP contribution in [0.1, 0.15) is 16.1 Å². The quantitative estimate of drug-likeness (QED) is 0.769. The van der Waals surface area contributed by atoms with Crippen molar-refractivity contribution in [2.24, 2.45) is 7.05 Å². The third-order valence-electron chi connectivity index (χ3n) is 2.40. The van der Waals surface area contributed by atoms with E-state index in [1.807, 2.05) is 19.1 Å². The predicted molar refractivity (Wildman–Crippen MR) is 66.8 cm³/mol. The van der Waals surface area contributed by atoms with Crippen molar-refractivity contribution < 1.29 is 4.79 Å². The molecular weight excluding hydrogens is 216 g/mol. The van der Waals surface area contributed by atoms with Crippen LogP contribution in [0.3, 0.4) is 0 Å². The molecule has 0 atom stereocenters. The van der Waals surface area contributed by atoms with Gasteiger partial charge < -0.3 is 11.1 Å². The van der Waals surface area contributed by atoms with Crippen LogP contribution in [0, 0.1) is 6.92 Å². The summed E-state index contributed by atoms with van der Waals surface area (Å²) in [5.41, 5.74) is 8.39. The second-order valence-electron chi connectivity index (χ2n) is 3.92. The Morgan fingerprint density at radius 1 is 1.41 bits per heavy atom. The van der Waals surface area contributed by atoms with Gasteiger partial charge in [0.05, 0.1) is 11.4 Å². The summed E-state index contributed by atoms with van der Waals surface area (Å²) >= 11 is 0. The van der Waals surface area contributed by atoms with E-state index < -0.39 is 0 Å². The minimum Gasteiger partial charge on any atom is -0.397 e. The summed E-state index contributed by atoms with van der Waals surface area (Å²) in [5, 5.41) is 6.75. The first-order valence-corrected chi connectivity index (χ1v) is 5.23. The van der Waals surface area contributed by atoms with Gasteiger partial charge in [-0.25, -0.2) is 0 Å². The van der Waals surface area contributed by atoms with Crippen LogP contribution < -0.4 is 11.1 Å². The molecule has 0 aliphatic heterocycles. The van der Waals surface area contributed by atoms with E-state index in [-0.39, 0.29) is 5.91 Å². The molecule has 0 saturated heterocycles. The Balaban J connectivity index is 2.18. The standard InChI is InChI=1S/C12H14N4O/c1-8-3-4-10(9(13)7-8)14-12(17)11-5-6-16(2)15-11/h3-7H,13H2,1-2H3,(H,14,17). The molecule has 0 fully saturated rings. The second-order valence-corrected chi connectivity index (χ2v) is 3.92. The number of hydrogen-bond acceptors (Lipinski definition) is 3. The van der Waals surface area contributed by atoms with Gasteiger partial charge >= 0.3 is 0 Å². The van der Waals surface area contributed by atoms with Crippen molar-refractivity contribution in [3.8, 4) is 0 Å². The average molecular weight is 230 g/mol. The van der Waals surface area contributed by atoms with E-state index in [2.05, 4.69) is 10.4 Å². The average Bonchev–Trinajstić information content (AvgIpc) is 2.69. The number of amides is 1. The van der Waals surface area contributed by atoms with E-state index in [1.165, 1.54) is 0 Å².